The van der Waals surface area contributed by atoms with E-state index >= 15 is 0 Å². The summed E-state index contributed by atoms with van der Waals surface area (Å²) in [5, 5.41) is 0. The van der Waals surface area contributed by atoms with Crippen molar-refractivity contribution in [2.24, 2.45) is 0 Å². The Morgan fingerprint density at radius 1 is 1.27 bits per heavy atom. The van der Waals surface area contributed by atoms with Crippen LogP contribution < -0.4 is 0 Å². The first-order valence-corrected chi connectivity index (χ1v) is 7.37. The molecule has 2 rings (SSSR count). The Kier molecular flexibility index (Phi) is 5.32. The molecule has 1 aromatic carbocycles. The van der Waals surface area contributed by atoms with Crippen molar-refractivity contribution in [1.82, 2.24) is 4.98 Å². The summed E-state index contributed by atoms with van der Waals surface area (Å²) in [5.74, 6) is 1.85. The largest absolute Gasteiger partial charge is 0.445 e. The smallest absolute Gasteiger partial charge is 0.358 e. The van der Waals surface area contributed by atoms with E-state index in [4.69, 9.17) is 11.2 Å². The molecule has 0 saturated carbocycles. The van der Waals surface area contributed by atoms with Gasteiger partial charge in [0.1, 0.15) is 5.69 Å². The molecule has 0 saturated heterocycles. The van der Waals surface area contributed by atoms with Crippen molar-refractivity contribution < 1.29 is 9.53 Å². The first-order valence-electron chi connectivity index (χ1n) is 7.37. The molecule has 1 heterocycles. The summed E-state index contributed by atoms with van der Waals surface area (Å²) in [6.45, 7) is 3.80. The summed E-state index contributed by atoms with van der Waals surface area (Å²) in [4.78, 5) is 16.3. The molecule has 22 heavy (non-hydrogen) atoms. The molecule has 0 aliphatic heterocycles. The molecule has 0 N–H and O–H groups in total. The first kappa shape index (κ1) is 15.8. The van der Waals surface area contributed by atoms with Gasteiger partial charge in [-0.05, 0) is 31.0 Å². The topological polar surface area (TPSA) is 39.2 Å². The van der Waals surface area contributed by atoms with E-state index in [1.54, 1.807) is 19.1 Å². The van der Waals surface area contributed by atoms with Crippen molar-refractivity contribution in [3.8, 4) is 23.6 Å². The zero-order valence-electron chi connectivity index (χ0n) is 12.9. The maximum Gasteiger partial charge on any atom is 0.358 e. The predicted octanol–water partition coefficient (Wildman–Crippen LogP) is 3.88. The van der Waals surface area contributed by atoms with Gasteiger partial charge < -0.3 is 4.74 Å². The lowest BCUT2D eigenvalue weighted by molar-refractivity contribution is 0.0432. The maximum atomic E-state index is 12.0. The molecule has 0 aliphatic rings. The van der Waals surface area contributed by atoms with E-state index in [2.05, 4.69) is 30.0 Å². The number of terminal acetylenes is 1. The van der Waals surface area contributed by atoms with Gasteiger partial charge in [-0.1, -0.05) is 49.6 Å². The Labute approximate surface area is 131 Å². The van der Waals surface area contributed by atoms with Crippen molar-refractivity contribution in [1.29, 1.82) is 0 Å². The van der Waals surface area contributed by atoms with Gasteiger partial charge in [0, 0.05) is 5.56 Å². The first-order chi connectivity index (χ1) is 10.6. The molecule has 0 aliphatic carbocycles. The fourth-order valence-corrected chi connectivity index (χ4v) is 2.09. The number of benzene rings is 1. The van der Waals surface area contributed by atoms with E-state index in [-0.39, 0.29) is 5.69 Å². The third-order valence-electron chi connectivity index (χ3n) is 3.27. The van der Waals surface area contributed by atoms with Crippen LogP contribution in [0.4, 0.5) is 0 Å². The number of rotatable bonds is 5. The average molecular weight is 293 g/mol. The zero-order valence-corrected chi connectivity index (χ0v) is 12.9. The number of nitrogens with zero attached hydrogens (tertiary/aromatic N) is 1. The van der Waals surface area contributed by atoms with Crippen molar-refractivity contribution in [2.45, 2.75) is 32.8 Å². The fraction of sp³-hybridized carbons (Fsp3) is 0.263. The molecule has 3 nitrogen and oxygen atoms in total. The minimum Gasteiger partial charge on any atom is -0.445 e. The van der Waals surface area contributed by atoms with E-state index in [1.807, 2.05) is 18.2 Å². The van der Waals surface area contributed by atoms with Gasteiger partial charge in [0.25, 0.3) is 0 Å². The minimum absolute atomic E-state index is 0.261. The molecule has 1 aromatic heterocycles. The second-order valence-corrected chi connectivity index (χ2v) is 5.07. The lowest BCUT2D eigenvalue weighted by atomic mass is 10.1. The van der Waals surface area contributed by atoms with Gasteiger partial charge in [0.2, 0.25) is 0 Å². The van der Waals surface area contributed by atoms with Gasteiger partial charge in [-0.2, -0.15) is 0 Å². The number of hydrogen-bond donors (Lipinski definition) is 0. The molecule has 112 valence electrons. The van der Waals surface area contributed by atoms with Crippen LogP contribution in [0.25, 0.3) is 11.3 Å². The minimum atomic E-state index is -0.564. The molecule has 3 heteroatoms. The lowest BCUT2D eigenvalue weighted by Gasteiger charge is -2.08. The highest BCUT2D eigenvalue weighted by atomic mass is 16.5. The van der Waals surface area contributed by atoms with Crippen LogP contribution in [0, 0.1) is 12.3 Å². The number of ether oxygens (including phenoxy) is 1. The van der Waals surface area contributed by atoms with Crippen LogP contribution in [-0.2, 0) is 11.2 Å². The SMILES string of the molecule is C#CC(C)OC(=O)c1cccc(-c2ccc(CCC)cc2)n1. The molecule has 0 amide bonds. The normalized spacial score (nSPS) is 11.5. The van der Waals surface area contributed by atoms with E-state index in [9.17, 15) is 4.79 Å². The highest BCUT2D eigenvalue weighted by molar-refractivity contribution is 5.88. The highest BCUT2D eigenvalue weighted by Crippen LogP contribution is 2.19. The molecular weight excluding hydrogens is 274 g/mol. The molecule has 1 atom stereocenters. The van der Waals surface area contributed by atoms with Crippen LogP contribution in [0.15, 0.2) is 42.5 Å². The van der Waals surface area contributed by atoms with Gasteiger partial charge in [-0.15, -0.1) is 6.42 Å². The average Bonchev–Trinajstić information content (AvgIpc) is 2.56. The van der Waals surface area contributed by atoms with Crippen molar-refractivity contribution in [3.05, 3.63) is 53.7 Å². The number of carbonyl (C=O) groups is 1. The van der Waals surface area contributed by atoms with E-state index in [1.165, 1.54) is 5.56 Å². The zero-order chi connectivity index (χ0) is 15.9. The Hall–Kier alpha value is -2.60. The van der Waals surface area contributed by atoms with Gasteiger partial charge in [-0.3, -0.25) is 0 Å². The Balaban J connectivity index is 2.21. The molecule has 0 fully saturated rings. The number of esters is 1. The van der Waals surface area contributed by atoms with Crippen LogP contribution >= 0.6 is 0 Å². The number of pyridine rings is 1. The van der Waals surface area contributed by atoms with Crippen molar-refractivity contribution >= 4 is 5.97 Å². The van der Waals surface area contributed by atoms with Crippen molar-refractivity contribution in [2.75, 3.05) is 0 Å². The predicted molar refractivity (Wildman–Crippen MR) is 87.4 cm³/mol. The number of aromatic nitrogens is 1. The fourth-order valence-electron chi connectivity index (χ4n) is 2.09. The van der Waals surface area contributed by atoms with Crippen LogP contribution in [0.2, 0.25) is 0 Å². The summed E-state index contributed by atoms with van der Waals surface area (Å²) in [7, 11) is 0. The van der Waals surface area contributed by atoms with E-state index in [0.717, 1.165) is 24.1 Å². The third-order valence-corrected chi connectivity index (χ3v) is 3.27. The van der Waals surface area contributed by atoms with Gasteiger partial charge in [0.05, 0.1) is 5.69 Å². The quantitative estimate of drug-likeness (QED) is 0.620. The highest BCUT2D eigenvalue weighted by Gasteiger charge is 2.12. The third kappa shape index (κ3) is 3.95. The summed E-state index contributed by atoms with van der Waals surface area (Å²) in [6, 6.07) is 13.5. The molecule has 2 aromatic rings. The van der Waals surface area contributed by atoms with Crippen LogP contribution in [0.3, 0.4) is 0 Å². The second-order valence-electron chi connectivity index (χ2n) is 5.07. The number of carbonyl (C=O) groups excluding carboxylic acids is 1. The Bertz CT molecular complexity index is 683. The maximum absolute atomic E-state index is 12.0. The lowest BCUT2D eigenvalue weighted by Crippen LogP contribution is -2.14. The summed E-state index contributed by atoms with van der Waals surface area (Å²) in [5.41, 5.74) is 3.27. The monoisotopic (exact) mass is 293 g/mol. The summed E-state index contributed by atoms with van der Waals surface area (Å²) < 4.78 is 5.09. The molecule has 1 unspecified atom stereocenters. The molecule has 0 radical (unpaired) electrons. The van der Waals surface area contributed by atoms with Crippen LogP contribution in [0.5, 0.6) is 0 Å². The van der Waals surface area contributed by atoms with Gasteiger partial charge >= 0.3 is 5.97 Å². The van der Waals surface area contributed by atoms with E-state index in [0.29, 0.717) is 0 Å². The Morgan fingerprint density at radius 3 is 2.64 bits per heavy atom. The molecular formula is C19H19NO2. The number of aryl methyl sites for hydroxylation is 1. The molecule has 0 bridgehead atoms. The van der Waals surface area contributed by atoms with Crippen molar-refractivity contribution in [3.63, 3.8) is 0 Å². The van der Waals surface area contributed by atoms with Crippen LogP contribution in [-0.4, -0.2) is 17.1 Å². The number of hydrogen-bond acceptors (Lipinski definition) is 3. The second kappa shape index (κ2) is 7.42. The summed E-state index contributed by atoms with van der Waals surface area (Å²) >= 11 is 0. The molecule has 0 spiro atoms. The van der Waals surface area contributed by atoms with Gasteiger partial charge in [0.15, 0.2) is 6.10 Å². The van der Waals surface area contributed by atoms with E-state index < -0.39 is 12.1 Å². The van der Waals surface area contributed by atoms with Gasteiger partial charge in [-0.25, -0.2) is 9.78 Å². The van der Waals surface area contributed by atoms with Crippen LogP contribution in [0.1, 0.15) is 36.3 Å². The Morgan fingerprint density at radius 2 is 2.00 bits per heavy atom. The summed E-state index contributed by atoms with van der Waals surface area (Å²) in [6.07, 6.45) is 6.82. The standard InChI is InChI=1S/C19H19NO2/c1-4-7-15-10-12-16(13-11-15)17-8-6-9-18(20-17)19(21)22-14(3)5-2/h2,6,8-14H,4,7H2,1,3H3.